The molecule has 0 nitrogen and oxygen atoms in total. The van der Waals surface area contributed by atoms with Crippen LogP contribution in [0.1, 0.15) is 5.56 Å². The van der Waals surface area contributed by atoms with Crippen LogP contribution in [0.4, 0.5) is 13.2 Å². The fraction of sp³-hybridized carbons (Fsp3) is 0.143. The van der Waals surface area contributed by atoms with Crippen LogP contribution < -0.4 is 5.30 Å². The van der Waals surface area contributed by atoms with Crippen LogP contribution in [0, 0.1) is 0 Å². The zero-order valence-corrected chi connectivity index (χ0v) is 6.68. The number of hydrogen-bond donors (Lipinski definition) is 0. The summed E-state index contributed by atoms with van der Waals surface area (Å²) in [6.07, 6.45) is -4.23. The highest BCUT2D eigenvalue weighted by Gasteiger charge is 2.29. The average Bonchev–Trinajstić information content (AvgIpc) is 1.86. The molecule has 11 heavy (non-hydrogen) atoms. The molecule has 0 radical (unpaired) electrons. The highest BCUT2D eigenvalue weighted by Crippen LogP contribution is 2.28. The van der Waals surface area contributed by atoms with Crippen molar-refractivity contribution in [3.05, 3.63) is 29.8 Å². The Kier molecular flexibility index (Phi) is 2.19. The topological polar surface area (TPSA) is 0 Å². The maximum absolute atomic E-state index is 12.0. The maximum atomic E-state index is 12.0. The van der Waals surface area contributed by atoms with Gasteiger partial charge in [-0.15, -0.1) is 9.24 Å². The Labute approximate surface area is 64.6 Å². The zero-order valence-electron chi connectivity index (χ0n) is 5.52. The van der Waals surface area contributed by atoms with E-state index in [0.717, 1.165) is 12.1 Å². The Morgan fingerprint density at radius 1 is 1.18 bits per heavy atom. The third-order valence-corrected chi connectivity index (χ3v) is 1.57. The first-order chi connectivity index (χ1) is 5.00. The molecule has 0 bridgehead atoms. The van der Waals surface area contributed by atoms with Crippen molar-refractivity contribution in [1.82, 2.24) is 0 Å². The first kappa shape index (κ1) is 8.54. The molecular formula is C7H6F3P. The molecule has 0 N–H and O–H groups in total. The molecule has 60 valence electrons. The summed E-state index contributed by atoms with van der Waals surface area (Å²) in [5.41, 5.74) is -0.606. The maximum Gasteiger partial charge on any atom is 0.416 e. The predicted octanol–water partition coefficient (Wildman–Crippen LogP) is 2.21. The van der Waals surface area contributed by atoms with E-state index in [0.29, 0.717) is 5.30 Å². The molecule has 0 heterocycles. The summed E-state index contributed by atoms with van der Waals surface area (Å²) in [6.45, 7) is 0. The van der Waals surface area contributed by atoms with Crippen LogP contribution in [0.25, 0.3) is 0 Å². The zero-order chi connectivity index (χ0) is 8.48. The molecule has 1 aromatic carbocycles. The van der Waals surface area contributed by atoms with Gasteiger partial charge in [0.05, 0.1) is 5.56 Å². The van der Waals surface area contributed by atoms with Crippen LogP contribution in [-0.4, -0.2) is 0 Å². The van der Waals surface area contributed by atoms with E-state index in [9.17, 15) is 13.2 Å². The molecule has 0 saturated heterocycles. The number of hydrogen-bond acceptors (Lipinski definition) is 0. The van der Waals surface area contributed by atoms with Crippen molar-refractivity contribution in [2.45, 2.75) is 6.18 Å². The second-order valence-electron chi connectivity index (χ2n) is 2.12. The van der Waals surface area contributed by atoms with Gasteiger partial charge in [-0.1, -0.05) is 12.1 Å². The minimum atomic E-state index is -4.23. The van der Waals surface area contributed by atoms with E-state index in [1.165, 1.54) is 6.07 Å². The summed E-state index contributed by atoms with van der Waals surface area (Å²) in [5, 5.41) is 0.542. The first-order valence-corrected chi connectivity index (χ1v) is 3.50. The lowest BCUT2D eigenvalue weighted by atomic mass is 10.2. The largest absolute Gasteiger partial charge is 0.416 e. The van der Waals surface area contributed by atoms with Crippen molar-refractivity contribution in [2.24, 2.45) is 0 Å². The lowest BCUT2D eigenvalue weighted by molar-refractivity contribution is -0.137. The van der Waals surface area contributed by atoms with Crippen molar-refractivity contribution >= 4 is 14.5 Å². The van der Waals surface area contributed by atoms with Crippen LogP contribution >= 0.6 is 9.24 Å². The third kappa shape index (κ3) is 2.19. The molecular weight excluding hydrogens is 172 g/mol. The Hall–Kier alpha value is -0.560. The van der Waals surface area contributed by atoms with Gasteiger partial charge in [-0.3, -0.25) is 0 Å². The molecule has 0 amide bonds. The van der Waals surface area contributed by atoms with Crippen LogP contribution in [0.2, 0.25) is 0 Å². The Morgan fingerprint density at radius 2 is 1.82 bits per heavy atom. The molecule has 0 aromatic heterocycles. The second kappa shape index (κ2) is 2.82. The highest BCUT2D eigenvalue weighted by atomic mass is 31.0. The van der Waals surface area contributed by atoms with Crippen molar-refractivity contribution in [1.29, 1.82) is 0 Å². The number of rotatable bonds is 0. The van der Waals surface area contributed by atoms with Crippen molar-refractivity contribution in [3.63, 3.8) is 0 Å². The molecule has 1 atom stereocenters. The van der Waals surface area contributed by atoms with E-state index in [1.807, 2.05) is 0 Å². The third-order valence-electron chi connectivity index (χ3n) is 1.21. The molecule has 1 rings (SSSR count). The van der Waals surface area contributed by atoms with E-state index in [2.05, 4.69) is 9.24 Å². The van der Waals surface area contributed by atoms with Gasteiger partial charge in [-0.05, 0) is 17.4 Å². The van der Waals surface area contributed by atoms with Crippen molar-refractivity contribution < 1.29 is 13.2 Å². The molecule has 0 saturated carbocycles. The van der Waals surface area contributed by atoms with Crippen LogP contribution in [0.5, 0.6) is 0 Å². The van der Waals surface area contributed by atoms with Gasteiger partial charge < -0.3 is 0 Å². The lowest BCUT2D eigenvalue weighted by Crippen LogP contribution is -2.07. The summed E-state index contributed by atoms with van der Waals surface area (Å²) in [4.78, 5) is 0. The van der Waals surface area contributed by atoms with Crippen molar-refractivity contribution in [3.8, 4) is 0 Å². The van der Waals surface area contributed by atoms with E-state index in [4.69, 9.17) is 0 Å². The quantitative estimate of drug-likeness (QED) is 0.534. The standard InChI is InChI=1S/C7H6F3P/c8-7(9,10)5-2-1-3-6(11)4-5/h1-4H,11H2. The van der Waals surface area contributed by atoms with E-state index >= 15 is 0 Å². The lowest BCUT2D eigenvalue weighted by Gasteiger charge is -2.05. The normalized spacial score (nSPS) is 11.6. The van der Waals surface area contributed by atoms with Gasteiger partial charge in [0.2, 0.25) is 0 Å². The molecule has 0 aliphatic heterocycles. The molecule has 4 heteroatoms. The molecule has 0 spiro atoms. The SMILES string of the molecule is FC(F)(F)c1cccc(P)c1. The summed E-state index contributed by atoms with van der Waals surface area (Å²) >= 11 is 0. The van der Waals surface area contributed by atoms with Gasteiger partial charge in [0.25, 0.3) is 0 Å². The summed E-state index contributed by atoms with van der Waals surface area (Å²) in [5.74, 6) is 0. The van der Waals surface area contributed by atoms with E-state index in [-0.39, 0.29) is 0 Å². The van der Waals surface area contributed by atoms with Gasteiger partial charge in [-0.25, -0.2) is 0 Å². The summed E-state index contributed by atoms with van der Waals surface area (Å²) < 4.78 is 35.9. The minimum Gasteiger partial charge on any atom is -0.166 e. The Morgan fingerprint density at radius 3 is 2.18 bits per heavy atom. The first-order valence-electron chi connectivity index (χ1n) is 2.93. The number of benzene rings is 1. The smallest absolute Gasteiger partial charge is 0.166 e. The summed E-state index contributed by atoms with van der Waals surface area (Å²) in [6, 6.07) is 5.11. The van der Waals surface area contributed by atoms with Gasteiger partial charge >= 0.3 is 6.18 Å². The van der Waals surface area contributed by atoms with Crippen molar-refractivity contribution in [2.75, 3.05) is 0 Å². The highest BCUT2D eigenvalue weighted by molar-refractivity contribution is 7.27. The molecule has 0 aliphatic carbocycles. The average molecular weight is 178 g/mol. The second-order valence-corrected chi connectivity index (χ2v) is 2.79. The van der Waals surface area contributed by atoms with Gasteiger partial charge in [0, 0.05) is 0 Å². The molecule has 0 aliphatic rings. The van der Waals surface area contributed by atoms with E-state index in [1.54, 1.807) is 6.07 Å². The van der Waals surface area contributed by atoms with Gasteiger partial charge in [-0.2, -0.15) is 13.2 Å². The van der Waals surface area contributed by atoms with Crippen LogP contribution in [0.3, 0.4) is 0 Å². The summed E-state index contributed by atoms with van der Waals surface area (Å²) in [7, 11) is 2.22. The van der Waals surface area contributed by atoms with Gasteiger partial charge in [0.1, 0.15) is 0 Å². The van der Waals surface area contributed by atoms with Crippen LogP contribution in [0.15, 0.2) is 24.3 Å². The molecule has 0 fully saturated rings. The predicted molar refractivity (Wildman–Crippen MR) is 40.8 cm³/mol. The monoisotopic (exact) mass is 178 g/mol. The Bertz CT molecular complexity index is 254. The number of alkyl halides is 3. The fourth-order valence-electron chi connectivity index (χ4n) is 0.715. The van der Waals surface area contributed by atoms with E-state index < -0.39 is 11.7 Å². The Balaban J connectivity index is 3.06. The van der Waals surface area contributed by atoms with Gasteiger partial charge in [0.15, 0.2) is 0 Å². The molecule has 1 aromatic rings. The fourth-order valence-corrected chi connectivity index (χ4v) is 1.01. The minimum absolute atomic E-state index is 0.542. The number of halogens is 3. The molecule has 1 unspecified atom stereocenters. The van der Waals surface area contributed by atoms with Crippen LogP contribution in [-0.2, 0) is 6.18 Å².